The van der Waals surface area contributed by atoms with E-state index < -0.39 is 0 Å². The molecule has 1 amide bonds. The summed E-state index contributed by atoms with van der Waals surface area (Å²) in [4.78, 5) is 16.0. The number of hydrogen-bond donors (Lipinski definition) is 1. The summed E-state index contributed by atoms with van der Waals surface area (Å²) >= 11 is 3.38. The number of benzene rings is 1. The number of halogens is 1. The Labute approximate surface area is 103 Å². The summed E-state index contributed by atoms with van der Waals surface area (Å²) < 4.78 is 1.02. The van der Waals surface area contributed by atoms with Crippen LogP contribution in [0.25, 0.3) is 0 Å². The second-order valence-electron chi connectivity index (χ2n) is 3.78. The van der Waals surface area contributed by atoms with Gasteiger partial charge in [-0.2, -0.15) is 0 Å². The zero-order chi connectivity index (χ0) is 11.5. The first kappa shape index (κ1) is 11.3. The highest BCUT2D eigenvalue weighted by atomic mass is 79.9. The molecule has 0 aliphatic carbocycles. The fourth-order valence-corrected chi connectivity index (χ4v) is 1.93. The Balaban J connectivity index is 2.20. The SMILES string of the molecule is CCCC1N=C(c2ccc(Br)cc2)NC1=O. The van der Waals surface area contributed by atoms with Gasteiger partial charge in [-0.25, -0.2) is 0 Å². The third-order valence-electron chi connectivity index (χ3n) is 2.51. The van der Waals surface area contributed by atoms with Crippen LogP contribution in [0.15, 0.2) is 33.7 Å². The van der Waals surface area contributed by atoms with Crippen molar-refractivity contribution in [2.75, 3.05) is 0 Å². The predicted octanol–water partition coefficient (Wildman–Crippen LogP) is 2.49. The molecule has 1 atom stereocenters. The minimum Gasteiger partial charge on any atom is -0.309 e. The summed E-state index contributed by atoms with van der Waals surface area (Å²) in [6.07, 6.45) is 1.78. The Bertz CT molecular complexity index is 425. The highest BCUT2D eigenvalue weighted by Crippen LogP contribution is 2.15. The molecule has 0 radical (unpaired) electrons. The van der Waals surface area contributed by atoms with Gasteiger partial charge >= 0.3 is 0 Å². The lowest BCUT2D eigenvalue weighted by Gasteiger charge is -2.00. The van der Waals surface area contributed by atoms with Crippen molar-refractivity contribution >= 4 is 27.7 Å². The van der Waals surface area contributed by atoms with Crippen LogP contribution in [-0.4, -0.2) is 17.8 Å². The van der Waals surface area contributed by atoms with Gasteiger partial charge in [0.1, 0.15) is 11.9 Å². The van der Waals surface area contributed by atoms with Crippen LogP contribution in [0.5, 0.6) is 0 Å². The Morgan fingerprint density at radius 2 is 2.06 bits per heavy atom. The van der Waals surface area contributed by atoms with Gasteiger partial charge in [-0.3, -0.25) is 9.79 Å². The van der Waals surface area contributed by atoms with Crippen molar-refractivity contribution in [1.29, 1.82) is 0 Å². The van der Waals surface area contributed by atoms with Crippen molar-refractivity contribution in [3.05, 3.63) is 34.3 Å². The molecule has 84 valence electrons. The highest BCUT2D eigenvalue weighted by Gasteiger charge is 2.25. The molecule has 1 aliphatic heterocycles. The van der Waals surface area contributed by atoms with E-state index in [1.54, 1.807) is 0 Å². The minimum absolute atomic E-state index is 0.0137. The fraction of sp³-hybridized carbons (Fsp3) is 0.333. The molecular weight excluding hydrogens is 268 g/mol. The largest absolute Gasteiger partial charge is 0.309 e. The lowest BCUT2D eigenvalue weighted by Crippen LogP contribution is -2.29. The van der Waals surface area contributed by atoms with Crippen LogP contribution < -0.4 is 5.32 Å². The Morgan fingerprint density at radius 1 is 1.38 bits per heavy atom. The van der Waals surface area contributed by atoms with Crippen LogP contribution in [0.4, 0.5) is 0 Å². The van der Waals surface area contributed by atoms with Crippen LogP contribution in [0, 0.1) is 0 Å². The van der Waals surface area contributed by atoms with Crippen LogP contribution >= 0.6 is 15.9 Å². The minimum atomic E-state index is -0.205. The topological polar surface area (TPSA) is 41.5 Å². The number of nitrogens with zero attached hydrogens (tertiary/aromatic N) is 1. The maximum Gasteiger partial charge on any atom is 0.250 e. The summed E-state index contributed by atoms with van der Waals surface area (Å²) in [6.45, 7) is 2.06. The van der Waals surface area contributed by atoms with Gasteiger partial charge < -0.3 is 5.32 Å². The van der Waals surface area contributed by atoms with Gasteiger partial charge in [0.25, 0.3) is 0 Å². The van der Waals surface area contributed by atoms with E-state index in [0.717, 1.165) is 22.9 Å². The molecule has 1 aliphatic rings. The quantitative estimate of drug-likeness (QED) is 0.908. The molecule has 2 rings (SSSR count). The van der Waals surface area contributed by atoms with E-state index in [1.165, 1.54) is 0 Å². The van der Waals surface area contributed by atoms with Gasteiger partial charge in [0, 0.05) is 10.0 Å². The number of carbonyl (C=O) groups excluding carboxylic acids is 1. The summed E-state index contributed by atoms with van der Waals surface area (Å²) in [7, 11) is 0. The van der Waals surface area contributed by atoms with Gasteiger partial charge in [-0.1, -0.05) is 41.4 Å². The van der Waals surface area contributed by atoms with Crippen molar-refractivity contribution in [3.8, 4) is 0 Å². The van der Waals surface area contributed by atoms with E-state index in [1.807, 2.05) is 24.3 Å². The van der Waals surface area contributed by atoms with Gasteiger partial charge in [0.2, 0.25) is 5.91 Å². The third kappa shape index (κ3) is 2.32. The van der Waals surface area contributed by atoms with E-state index in [9.17, 15) is 4.79 Å². The zero-order valence-corrected chi connectivity index (χ0v) is 10.6. The van der Waals surface area contributed by atoms with Gasteiger partial charge in [-0.05, 0) is 18.6 Å². The van der Waals surface area contributed by atoms with E-state index >= 15 is 0 Å². The number of carbonyl (C=O) groups is 1. The smallest absolute Gasteiger partial charge is 0.250 e. The highest BCUT2D eigenvalue weighted by molar-refractivity contribution is 9.10. The van der Waals surface area contributed by atoms with Crippen molar-refractivity contribution in [3.63, 3.8) is 0 Å². The Kier molecular flexibility index (Phi) is 3.39. The Hall–Kier alpha value is -1.16. The third-order valence-corrected chi connectivity index (χ3v) is 3.04. The molecule has 0 aromatic heterocycles. The normalized spacial score (nSPS) is 19.5. The van der Waals surface area contributed by atoms with E-state index in [0.29, 0.717) is 5.84 Å². The van der Waals surface area contributed by atoms with E-state index in [-0.39, 0.29) is 11.9 Å². The predicted molar refractivity (Wildman–Crippen MR) is 67.5 cm³/mol. The van der Waals surface area contributed by atoms with Crippen molar-refractivity contribution in [2.45, 2.75) is 25.8 Å². The maximum atomic E-state index is 11.6. The van der Waals surface area contributed by atoms with Gasteiger partial charge in [0.05, 0.1) is 0 Å². The molecular formula is C12H13BrN2O. The number of rotatable bonds is 3. The Morgan fingerprint density at radius 3 is 2.69 bits per heavy atom. The summed E-state index contributed by atoms with van der Waals surface area (Å²) in [5, 5.41) is 2.82. The number of aliphatic imine (C=N–C) groups is 1. The first-order valence-corrected chi connectivity index (χ1v) is 6.14. The summed E-state index contributed by atoms with van der Waals surface area (Å²) in [5.74, 6) is 0.704. The van der Waals surface area contributed by atoms with Crippen LogP contribution in [0.3, 0.4) is 0 Å². The first-order valence-electron chi connectivity index (χ1n) is 5.35. The van der Waals surface area contributed by atoms with E-state index in [2.05, 4.69) is 33.2 Å². The number of hydrogen-bond acceptors (Lipinski definition) is 2. The standard InChI is InChI=1S/C12H13BrN2O/c1-2-3-10-12(16)15-11(14-10)8-4-6-9(13)7-5-8/h4-7,10H,2-3H2,1H3,(H,14,15,16). The molecule has 1 aromatic carbocycles. The van der Waals surface area contributed by atoms with Crippen LogP contribution in [0.1, 0.15) is 25.3 Å². The van der Waals surface area contributed by atoms with Crippen molar-refractivity contribution < 1.29 is 4.79 Å². The zero-order valence-electron chi connectivity index (χ0n) is 9.03. The molecule has 16 heavy (non-hydrogen) atoms. The molecule has 4 heteroatoms. The second-order valence-corrected chi connectivity index (χ2v) is 4.69. The lowest BCUT2D eigenvalue weighted by atomic mass is 10.2. The summed E-state index contributed by atoms with van der Waals surface area (Å²) in [6, 6.07) is 7.56. The average molecular weight is 281 g/mol. The average Bonchev–Trinajstić information content (AvgIpc) is 2.62. The molecule has 1 aromatic rings. The second kappa shape index (κ2) is 4.78. The lowest BCUT2D eigenvalue weighted by molar-refractivity contribution is -0.120. The molecule has 0 bridgehead atoms. The van der Waals surface area contributed by atoms with Crippen molar-refractivity contribution in [1.82, 2.24) is 5.32 Å². The molecule has 1 heterocycles. The molecule has 0 saturated heterocycles. The number of amides is 1. The molecule has 1 N–H and O–H groups in total. The molecule has 3 nitrogen and oxygen atoms in total. The van der Waals surface area contributed by atoms with Gasteiger partial charge in [0.15, 0.2) is 0 Å². The van der Waals surface area contributed by atoms with Crippen LogP contribution in [-0.2, 0) is 4.79 Å². The van der Waals surface area contributed by atoms with E-state index in [4.69, 9.17) is 0 Å². The van der Waals surface area contributed by atoms with Gasteiger partial charge in [-0.15, -0.1) is 0 Å². The van der Waals surface area contributed by atoms with Crippen LogP contribution in [0.2, 0.25) is 0 Å². The molecule has 0 spiro atoms. The summed E-state index contributed by atoms with van der Waals surface area (Å²) in [5.41, 5.74) is 0.954. The number of nitrogens with one attached hydrogen (secondary N) is 1. The first-order chi connectivity index (χ1) is 7.70. The molecule has 0 fully saturated rings. The number of amidine groups is 1. The molecule has 0 saturated carbocycles. The monoisotopic (exact) mass is 280 g/mol. The fourth-order valence-electron chi connectivity index (χ4n) is 1.67. The maximum absolute atomic E-state index is 11.6. The van der Waals surface area contributed by atoms with Crippen molar-refractivity contribution in [2.24, 2.45) is 4.99 Å². The molecule has 1 unspecified atom stereocenters.